The van der Waals surface area contributed by atoms with Gasteiger partial charge in [0.05, 0.1) is 6.54 Å². The summed E-state index contributed by atoms with van der Waals surface area (Å²) >= 11 is 0. The Kier molecular flexibility index (Phi) is 4.19. The number of halogens is 2. The van der Waals surface area contributed by atoms with Crippen molar-refractivity contribution in [2.24, 2.45) is 0 Å². The van der Waals surface area contributed by atoms with E-state index in [1.54, 1.807) is 0 Å². The van der Waals surface area contributed by atoms with Gasteiger partial charge in [-0.2, -0.15) is 0 Å². The van der Waals surface area contributed by atoms with Gasteiger partial charge in [0.15, 0.2) is 17.4 Å². The molecule has 18 heavy (non-hydrogen) atoms. The molecule has 0 N–H and O–H groups in total. The fourth-order valence-corrected chi connectivity index (χ4v) is 2.93. The Labute approximate surface area is 106 Å². The van der Waals surface area contributed by atoms with Crippen LogP contribution in [0, 0.1) is 11.6 Å². The Morgan fingerprint density at radius 2 is 1.89 bits per heavy atom. The van der Waals surface area contributed by atoms with E-state index in [-0.39, 0.29) is 17.9 Å². The smallest absolute Gasteiger partial charge is 0.176 e. The van der Waals surface area contributed by atoms with Gasteiger partial charge in [-0.05, 0) is 18.2 Å². The summed E-state index contributed by atoms with van der Waals surface area (Å²) < 4.78 is 36.9. The number of rotatable bonds is 3. The number of benzene rings is 1. The van der Waals surface area contributed by atoms with E-state index in [1.165, 1.54) is 6.07 Å². The van der Waals surface area contributed by atoms with Gasteiger partial charge in [-0.3, -0.25) is 13.9 Å². The predicted octanol–water partition coefficient (Wildman–Crippen LogP) is 1.21. The molecule has 1 aliphatic heterocycles. The summed E-state index contributed by atoms with van der Waals surface area (Å²) in [6, 6.07) is 3.15. The van der Waals surface area contributed by atoms with E-state index in [9.17, 15) is 17.8 Å². The minimum absolute atomic E-state index is 0.155. The standard InChI is InChI=1S/C12H13F2NO2S/c13-10-2-1-9(7-11(10)14)12(16)8-15-3-5-18(17)6-4-15/h1-2,7H,3-6,8H2. The molecule has 0 aliphatic carbocycles. The van der Waals surface area contributed by atoms with E-state index in [1.807, 2.05) is 4.90 Å². The van der Waals surface area contributed by atoms with Crippen LogP contribution in [0.2, 0.25) is 0 Å². The average molecular weight is 273 g/mol. The molecule has 1 saturated heterocycles. The topological polar surface area (TPSA) is 37.4 Å². The summed E-state index contributed by atoms with van der Waals surface area (Å²) in [7, 11) is -0.790. The molecule has 1 fully saturated rings. The maximum Gasteiger partial charge on any atom is 0.176 e. The fraction of sp³-hybridized carbons (Fsp3) is 0.417. The van der Waals surface area contributed by atoms with Gasteiger partial charge in [0, 0.05) is 41.0 Å². The molecule has 0 unspecified atom stereocenters. The molecule has 1 aromatic carbocycles. The summed E-state index contributed by atoms with van der Waals surface area (Å²) in [5, 5.41) is 0. The molecule has 0 aromatic heterocycles. The SMILES string of the molecule is O=C(CN1CCS(=O)CC1)c1ccc(F)c(F)c1. The van der Waals surface area contributed by atoms with Crippen LogP contribution in [-0.4, -0.2) is 46.0 Å². The Balaban J connectivity index is 1.99. The number of nitrogens with zero attached hydrogens (tertiary/aromatic N) is 1. The normalized spacial score (nSPS) is 17.9. The maximum absolute atomic E-state index is 13.0. The van der Waals surface area contributed by atoms with Crippen LogP contribution in [-0.2, 0) is 10.8 Å². The number of hydrogen-bond donors (Lipinski definition) is 0. The van der Waals surface area contributed by atoms with Crippen molar-refractivity contribution in [1.29, 1.82) is 0 Å². The minimum atomic E-state index is -1.01. The van der Waals surface area contributed by atoms with Crippen molar-refractivity contribution in [2.45, 2.75) is 0 Å². The van der Waals surface area contributed by atoms with Gasteiger partial charge in [-0.1, -0.05) is 0 Å². The summed E-state index contributed by atoms with van der Waals surface area (Å²) in [4.78, 5) is 13.7. The molecule has 1 heterocycles. The molecule has 98 valence electrons. The van der Waals surface area contributed by atoms with Gasteiger partial charge in [-0.15, -0.1) is 0 Å². The largest absolute Gasteiger partial charge is 0.294 e. The highest BCUT2D eigenvalue weighted by molar-refractivity contribution is 7.85. The number of ketones is 1. The van der Waals surface area contributed by atoms with Gasteiger partial charge >= 0.3 is 0 Å². The third-order valence-electron chi connectivity index (χ3n) is 2.88. The quantitative estimate of drug-likeness (QED) is 0.777. The highest BCUT2D eigenvalue weighted by Gasteiger charge is 2.19. The lowest BCUT2D eigenvalue weighted by Crippen LogP contribution is -2.40. The summed E-state index contributed by atoms with van der Waals surface area (Å²) in [6.07, 6.45) is 0. The molecule has 0 radical (unpaired) electrons. The third-order valence-corrected chi connectivity index (χ3v) is 4.15. The maximum atomic E-state index is 13.0. The van der Waals surface area contributed by atoms with Crippen molar-refractivity contribution in [2.75, 3.05) is 31.1 Å². The molecular weight excluding hydrogens is 260 g/mol. The van der Waals surface area contributed by atoms with E-state index in [4.69, 9.17) is 0 Å². The van der Waals surface area contributed by atoms with Crippen LogP contribution in [0.1, 0.15) is 10.4 Å². The summed E-state index contributed by atoms with van der Waals surface area (Å²) in [5.74, 6) is -1.10. The molecule has 0 bridgehead atoms. The fourth-order valence-electron chi connectivity index (χ4n) is 1.80. The Hall–Kier alpha value is -1.14. The minimum Gasteiger partial charge on any atom is -0.294 e. The lowest BCUT2D eigenvalue weighted by atomic mass is 10.1. The van der Waals surface area contributed by atoms with Crippen molar-refractivity contribution in [1.82, 2.24) is 4.90 Å². The van der Waals surface area contributed by atoms with E-state index < -0.39 is 22.4 Å². The van der Waals surface area contributed by atoms with Crippen molar-refractivity contribution < 1.29 is 17.8 Å². The first kappa shape index (κ1) is 13.3. The number of Topliss-reactive ketones (excluding diaryl/α,β-unsaturated/α-hetero) is 1. The average Bonchev–Trinajstić information content (AvgIpc) is 2.35. The van der Waals surface area contributed by atoms with Crippen LogP contribution in [0.4, 0.5) is 8.78 Å². The van der Waals surface area contributed by atoms with Crippen molar-refractivity contribution in [3.8, 4) is 0 Å². The lowest BCUT2D eigenvalue weighted by molar-refractivity contribution is 0.0936. The van der Waals surface area contributed by atoms with Gasteiger partial charge in [-0.25, -0.2) is 8.78 Å². The monoisotopic (exact) mass is 273 g/mol. The van der Waals surface area contributed by atoms with Crippen LogP contribution in [0.3, 0.4) is 0 Å². The van der Waals surface area contributed by atoms with Gasteiger partial charge in [0.1, 0.15) is 0 Å². The first-order valence-electron chi connectivity index (χ1n) is 5.62. The molecule has 0 atom stereocenters. The number of carbonyl (C=O) groups excluding carboxylic acids is 1. The first-order chi connectivity index (χ1) is 8.56. The Morgan fingerprint density at radius 1 is 1.22 bits per heavy atom. The van der Waals surface area contributed by atoms with Crippen LogP contribution >= 0.6 is 0 Å². The lowest BCUT2D eigenvalue weighted by Gasteiger charge is -2.25. The number of hydrogen-bond acceptors (Lipinski definition) is 3. The zero-order valence-corrected chi connectivity index (χ0v) is 10.5. The Bertz CT molecular complexity index is 483. The van der Waals surface area contributed by atoms with E-state index in [0.29, 0.717) is 24.6 Å². The van der Waals surface area contributed by atoms with Gasteiger partial charge in [0.2, 0.25) is 0 Å². The van der Waals surface area contributed by atoms with Crippen molar-refractivity contribution >= 4 is 16.6 Å². The van der Waals surface area contributed by atoms with Gasteiger partial charge < -0.3 is 0 Å². The van der Waals surface area contributed by atoms with Crippen molar-refractivity contribution in [3.05, 3.63) is 35.4 Å². The molecular formula is C12H13F2NO2S. The Morgan fingerprint density at radius 3 is 2.50 bits per heavy atom. The second kappa shape index (κ2) is 5.67. The number of carbonyl (C=O) groups is 1. The second-order valence-corrected chi connectivity index (χ2v) is 5.87. The molecule has 2 rings (SSSR count). The second-order valence-electron chi connectivity index (χ2n) is 4.18. The molecule has 3 nitrogen and oxygen atoms in total. The van der Waals surface area contributed by atoms with Gasteiger partial charge in [0.25, 0.3) is 0 Å². The molecule has 1 aliphatic rings. The van der Waals surface area contributed by atoms with Crippen LogP contribution < -0.4 is 0 Å². The zero-order valence-electron chi connectivity index (χ0n) is 9.70. The molecule has 1 aromatic rings. The highest BCUT2D eigenvalue weighted by atomic mass is 32.2. The van der Waals surface area contributed by atoms with Crippen LogP contribution in [0.5, 0.6) is 0 Å². The molecule has 0 saturated carbocycles. The zero-order chi connectivity index (χ0) is 13.1. The van der Waals surface area contributed by atoms with Crippen molar-refractivity contribution in [3.63, 3.8) is 0 Å². The van der Waals surface area contributed by atoms with E-state index in [2.05, 4.69) is 0 Å². The van der Waals surface area contributed by atoms with Crippen LogP contribution in [0.25, 0.3) is 0 Å². The van der Waals surface area contributed by atoms with E-state index in [0.717, 1.165) is 12.1 Å². The summed E-state index contributed by atoms with van der Waals surface area (Å²) in [6.45, 7) is 1.35. The molecule has 0 amide bonds. The molecule has 0 spiro atoms. The third kappa shape index (κ3) is 3.20. The first-order valence-corrected chi connectivity index (χ1v) is 7.10. The highest BCUT2D eigenvalue weighted by Crippen LogP contribution is 2.10. The van der Waals surface area contributed by atoms with E-state index >= 15 is 0 Å². The van der Waals surface area contributed by atoms with Crippen LogP contribution in [0.15, 0.2) is 18.2 Å². The summed E-state index contributed by atoms with van der Waals surface area (Å²) in [5.41, 5.74) is 0.167. The molecule has 6 heteroatoms. The predicted molar refractivity (Wildman–Crippen MR) is 65.0 cm³/mol.